The minimum Gasteiger partial charge on any atom is -0.325 e. The van der Waals surface area contributed by atoms with Crippen LogP contribution in [0.2, 0.25) is 0 Å². The quantitative estimate of drug-likeness (QED) is 0.637. The van der Waals surface area contributed by atoms with Crippen molar-refractivity contribution in [3.63, 3.8) is 0 Å². The third-order valence-electron chi connectivity index (χ3n) is 6.94. The zero-order valence-corrected chi connectivity index (χ0v) is 12.8. The Morgan fingerprint density at radius 2 is 1.89 bits per heavy atom. The molecule has 3 fully saturated rings. The second-order valence-electron chi connectivity index (χ2n) is 7.87. The van der Waals surface area contributed by atoms with Crippen molar-refractivity contribution in [2.75, 3.05) is 0 Å². The lowest BCUT2D eigenvalue weighted by Crippen LogP contribution is -2.59. The summed E-state index contributed by atoms with van der Waals surface area (Å²) in [7, 11) is 0. The van der Waals surface area contributed by atoms with Gasteiger partial charge in [0.1, 0.15) is 0 Å². The van der Waals surface area contributed by atoms with Crippen molar-refractivity contribution < 1.29 is 0 Å². The van der Waals surface area contributed by atoms with Crippen LogP contribution in [0.25, 0.3) is 0 Å². The van der Waals surface area contributed by atoms with Gasteiger partial charge in [-0.2, -0.15) is 0 Å². The van der Waals surface area contributed by atoms with Gasteiger partial charge >= 0.3 is 0 Å². The van der Waals surface area contributed by atoms with E-state index >= 15 is 0 Å². The molecule has 2 N–H and O–H groups in total. The minimum atomic E-state index is 0.130. The van der Waals surface area contributed by atoms with Crippen LogP contribution in [-0.2, 0) is 0 Å². The number of hydrogen-bond donors (Lipinski definition) is 1. The fourth-order valence-electron chi connectivity index (χ4n) is 5.47. The zero-order valence-electron chi connectivity index (χ0n) is 12.8. The summed E-state index contributed by atoms with van der Waals surface area (Å²) >= 11 is 0. The summed E-state index contributed by atoms with van der Waals surface area (Å²) in [5.74, 6) is 4.02. The molecule has 3 aliphatic rings. The number of rotatable bonds is 0. The van der Waals surface area contributed by atoms with Crippen molar-refractivity contribution in [2.45, 2.75) is 70.8 Å². The van der Waals surface area contributed by atoms with Gasteiger partial charge < -0.3 is 5.73 Å². The molecule has 6 unspecified atom stereocenters. The average molecular weight is 261 g/mol. The monoisotopic (exact) mass is 261 g/mol. The van der Waals surface area contributed by atoms with E-state index in [1.165, 1.54) is 56.9 Å². The van der Waals surface area contributed by atoms with Crippen LogP contribution in [0.5, 0.6) is 0 Å². The van der Waals surface area contributed by atoms with Crippen molar-refractivity contribution in [2.24, 2.45) is 35.3 Å². The summed E-state index contributed by atoms with van der Waals surface area (Å²) in [6.07, 6.45) is 10.7. The van der Waals surface area contributed by atoms with Gasteiger partial charge in [0.25, 0.3) is 0 Å². The van der Waals surface area contributed by atoms with E-state index < -0.39 is 0 Å². The highest BCUT2D eigenvalue weighted by atomic mass is 14.8. The summed E-state index contributed by atoms with van der Waals surface area (Å²) in [4.78, 5) is 0. The van der Waals surface area contributed by atoms with E-state index in [1.54, 1.807) is 0 Å². The Balaban J connectivity index is 1.88. The Bertz CT molecular complexity index is 361. The molecule has 3 saturated carbocycles. The third-order valence-corrected chi connectivity index (χ3v) is 6.94. The Morgan fingerprint density at radius 3 is 2.68 bits per heavy atom. The molecule has 0 saturated heterocycles. The first kappa shape index (κ1) is 13.7. The highest BCUT2D eigenvalue weighted by Crippen LogP contribution is 2.54. The normalized spacial score (nSPS) is 51.1. The molecule has 0 aliphatic heterocycles. The zero-order chi connectivity index (χ0) is 13.6. The second-order valence-corrected chi connectivity index (χ2v) is 7.87. The lowest BCUT2D eigenvalue weighted by Gasteiger charge is -2.54. The molecular formula is C18H31N. The largest absolute Gasteiger partial charge is 0.325 e. The fraction of sp³-hybridized carbons (Fsp3) is 0.889. The molecule has 0 spiro atoms. The van der Waals surface area contributed by atoms with Crippen LogP contribution in [0.3, 0.4) is 0 Å². The lowest BCUT2D eigenvalue weighted by atomic mass is 9.54. The minimum absolute atomic E-state index is 0.130. The van der Waals surface area contributed by atoms with Gasteiger partial charge in [0.2, 0.25) is 0 Å². The molecule has 108 valence electrons. The van der Waals surface area contributed by atoms with Crippen LogP contribution in [0.15, 0.2) is 12.2 Å². The standard InChI is InChI=1S/C18H31N/c1-12-9-10-18(19)15(11-14(12)3)7-8-16-13(2)5-4-6-17(16)18/h12-13,15-17H,3-11,19H2,1-2H3. The molecule has 0 amide bonds. The summed E-state index contributed by atoms with van der Waals surface area (Å²) in [6.45, 7) is 9.16. The molecule has 3 aliphatic carbocycles. The van der Waals surface area contributed by atoms with Crippen molar-refractivity contribution in [3.8, 4) is 0 Å². The van der Waals surface area contributed by atoms with E-state index in [-0.39, 0.29) is 5.54 Å². The van der Waals surface area contributed by atoms with E-state index in [0.29, 0.717) is 5.92 Å². The number of fused-ring (bicyclic) bond motifs is 3. The van der Waals surface area contributed by atoms with Gasteiger partial charge in [-0.1, -0.05) is 38.8 Å². The molecule has 0 bridgehead atoms. The first-order valence-electron chi connectivity index (χ1n) is 8.49. The molecule has 0 aromatic carbocycles. The van der Waals surface area contributed by atoms with Gasteiger partial charge in [-0.15, -0.1) is 0 Å². The van der Waals surface area contributed by atoms with Crippen LogP contribution < -0.4 is 5.73 Å². The maximum atomic E-state index is 7.06. The SMILES string of the molecule is C=C1CC2CCC3C(C)CCCC3C2(N)CCC1C. The van der Waals surface area contributed by atoms with Gasteiger partial charge in [0.05, 0.1) is 0 Å². The Kier molecular flexibility index (Phi) is 3.53. The Hall–Kier alpha value is -0.300. The number of hydrogen-bond acceptors (Lipinski definition) is 1. The first-order valence-corrected chi connectivity index (χ1v) is 8.49. The van der Waals surface area contributed by atoms with Crippen LogP contribution >= 0.6 is 0 Å². The van der Waals surface area contributed by atoms with E-state index in [2.05, 4.69) is 20.4 Å². The fourth-order valence-corrected chi connectivity index (χ4v) is 5.47. The van der Waals surface area contributed by atoms with Gasteiger partial charge in [0.15, 0.2) is 0 Å². The van der Waals surface area contributed by atoms with Crippen LogP contribution in [0.4, 0.5) is 0 Å². The molecular weight excluding hydrogens is 230 g/mol. The first-order chi connectivity index (χ1) is 9.02. The van der Waals surface area contributed by atoms with Gasteiger partial charge in [0, 0.05) is 5.54 Å². The molecule has 3 rings (SSSR count). The summed E-state index contributed by atoms with van der Waals surface area (Å²) < 4.78 is 0. The average Bonchev–Trinajstić information content (AvgIpc) is 2.50. The predicted molar refractivity (Wildman–Crippen MR) is 81.8 cm³/mol. The van der Waals surface area contributed by atoms with Crippen molar-refractivity contribution in [1.82, 2.24) is 0 Å². The molecule has 6 atom stereocenters. The summed E-state index contributed by atoms with van der Waals surface area (Å²) in [6, 6.07) is 0. The van der Waals surface area contributed by atoms with Crippen LogP contribution in [-0.4, -0.2) is 5.54 Å². The predicted octanol–water partition coefficient (Wildman–Crippen LogP) is 4.52. The maximum absolute atomic E-state index is 7.06. The van der Waals surface area contributed by atoms with Crippen molar-refractivity contribution in [1.29, 1.82) is 0 Å². The smallest absolute Gasteiger partial charge is 0.0217 e. The Labute approximate surface area is 119 Å². The summed E-state index contributed by atoms with van der Waals surface area (Å²) in [5.41, 5.74) is 8.67. The van der Waals surface area contributed by atoms with Gasteiger partial charge in [-0.3, -0.25) is 0 Å². The molecule has 1 heteroatoms. The third kappa shape index (κ3) is 2.18. The van der Waals surface area contributed by atoms with E-state index in [0.717, 1.165) is 23.7 Å². The highest BCUT2D eigenvalue weighted by molar-refractivity contribution is 5.13. The second kappa shape index (κ2) is 4.91. The molecule has 0 radical (unpaired) electrons. The molecule has 0 heterocycles. The molecule has 1 nitrogen and oxygen atoms in total. The molecule has 0 aromatic rings. The Morgan fingerprint density at radius 1 is 1.11 bits per heavy atom. The van der Waals surface area contributed by atoms with Crippen LogP contribution in [0.1, 0.15) is 65.2 Å². The van der Waals surface area contributed by atoms with Crippen LogP contribution in [0, 0.1) is 29.6 Å². The van der Waals surface area contributed by atoms with Gasteiger partial charge in [-0.25, -0.2) is 0 Å². The number of allylic oxidation sites excluding steroid dienone is 1. The van der Waals surface area contributed by atoms with E-state index in [4.69, 9.17) is 5.73 Å². The molecule has 0 aromatic heterocycles. The lowest BCUT2D eigenvalue weighted by molar-refractivity contribution is -0.00214. The van der Waals surface area contributed by atoms with E-state index in [1.807, 2.05) is 0 Å². The topological polar surface area (TPSA) is 26.0 Å². The highest BCUT2D eigenvalue weighted by Gasteiger charge is 2.51. The van der Waals surface area contributed by atoms with Crippen molar-refractivity contribution >= 4 is 0 Å². The van der Waals surface area contributed by atoms with Crippen molar-refractivity contribution in [3.05, 3.63) is 12.2 Å². The van der Waals surface area contributed by atoms with E-state index in [9.17, 15) is 0 Å². The van der Waals surface area contributed by atoms with Gasteiger partial charge in [-0.05, 0) is 68.1 Å². The summed E-state index contributed by atoms with van der Waals surface area (Å²) in [5, 5.41) is 0. The maximum Gasteiger partial charge on any atom is 0.0217 e. The molecule has 19 heavy (non-hydrogen) atoms. The number of nitrogens with two attached hydrogens (primary N) is 1.